The minimum atomic E-state index is 0.157. The van der Waals surface area contributed by atoms with Crippen LogP contribution in [0.2, 0.25) is 5.02 Å². The van der Waals surface area contributed by atoms with Crippen molar-refractivity contribution >= 4 is 11.6 Å². The van der Waals surface area contributed by atoms with Gasteiger partial charge in [0.25, 0.3) is 0 Å². The minimum Gasteiger partial charge on any atom is -0.493 e. The molecule has 0 saturated heterocycles. The maximum atomic E-state index is 6.43. The van der Waals surface area contributed by atoms with Crippen molar-refractivity contribution in [3.05, 3.63) is 69.3 Å². The molecule has 3 nitrogen and oxygen atoms in total. The smallest absolute Gasteiger partial charge is 0.161 e. The first kappa shape index (κ1) is 23.2. The fourth-order valence-electron chi connectivity index (χ4n) is 5.79. The van der Waals surface area contributed by atoms with Crippen molar-refractivity contribution < 1.29 is 9.47 Å². The third kappa shape index (κ3) is 4.56. The zero-order valence-electron chi connectivity index (χ0n) is 20.1. The van der Waals surface area contributed by atoms with E-state index in [9.17, 15) is 0 Å². The molecular weight excluding hydrogens is 418 g/mol. The van der Waals surface area contributed by atoms with Crippen molar-refractivity contribution in [1.82, 2.24) is 4.90 Å². The molecule has 0 N–H and O–H groups in total. The molecule has 1 aliphatic heterocycles. The van der Waals surface area contributed by atoms with Gasteiger partial charge in [-0.3, -0.25) is 4.90 Å². The van der Waals surface area contributed by atoms with Gasteiger partial charge in [-0.2, -0.15) is 0 Å². The lowest BCUT2D eigenvalue weighted by atomic mass is 9.71. The van der Waals surface area contributed by atoms with Gasteiger partial charge in [-0.25, -0.2) is 0 Å². The molecule has 172 valence electrons. The van der Waals surface area contributed by atoms with Crippen LogP contribution in [0.4, 0.5) is 0 Å². The SMILES string of the molecule is COc1cc2c(cc1OC)[C@@H](c1cccc(Cl)c1)N(CCC1=C(C)CCCC1(C)C)CC2. The molecule has 0 bridgehead atoms. The normalized spacial score (nSPS) is 20.8. The van der Waals surface area contributed by atoms with E-state index in [2.05, 4.69) is 56.0 Å². The second-order valence-corrected chi connectivity index (χ2v) is 10.3. The highest BCUT2D eigenvalue weighted by Gasteiger charge is 2.33. The van der Waals surface area contributed by atoms with Crippen LogP contribution in [0.1, 0.15) is 69.2 Å². The predicted octanol–water partition coefficient (Wildman–Crippen LogP) is 7.22. The average Bonchev–Trinajstić information content (AvgIpc) is 2.77. The number of ether oxygens (including phenoxy) is 2. The van der Waals surface area contributed by atoms with E-state index < -0.39 is 0 Å². The molecule has 2 aliphatic rings. The number of hydrogen-bond donors (Lipinski definition) is 0. The first-order valence-corrected chi connectivity index (χ1v) is 12.1. The monoisotopic (exact) mass is 453 g/mol. The molecule has 0 spiro atoms. The van der Waals surface area contributed by atoms with Crippen LogP contribution in [0, 0.1) is 5.41 Å². The number of benzene rings is 2. The average molecular weight is 454 g/mol. The number of allylic oxidation sites excluding steroid dienone is 1. The van der Waals surface area contributed by atoms with Gasteiger partial charge >= 0.3 is 0 Å². The van der Waals surface area contributed by atoms with Crippen molar-refractivity contribution in [2.24, 2.45) is 5.41 Å². The Morgan fingerprint density at radius 2 is 1.81 bits per heavy atom. The molecule has 2 aromatic rings. The van der Waals surface area contributed by atoms with Gasteiger partial charge < -0.3 is 9.47 Å². The van der Waals surface area contributed by atoms with Gasteiger partial charge in [0.1, 0.15) is 0 Å². The van der Waals surface area contributed by atoms with Crippen LogP contribution >= 0.6 is 11.6 Å². The van der Waals surface area contributed by atoms with E-state index >= 15 is 0 Å². The van der Waals surface area contributed by atoms with E-state index in [1.165, 1.54) is 36.0 Å². The van der Waals surface area contributed by atoms with E-state index in [4.69, 9.17) is 21.1 Å². The van der Waals surface area contributed by atoms with Crippen LogP contribution in [0.25, 0.3) is 0 Å². The van der Waals surface area contributed by atoms with Crippen LogP contribution in [0.15, 0.2) is 47.5 Å². The van der Waals surface area contributed by atoms with Gasteiger partial charge in [0.2, 0.25) is 0 Å². The fourth-order valence-corrected chi connectivity index (χ4v) is 5.99. The summed E-state index contributed by atoms with van der Waals surface area (Å²) in [5.41, 5.74) is 7.43. The summed E-state index contributed by atoms with van der Waals surface area (Å²) < 4.78 is 11.2. The lowest BCUT2D eigenvalue weighted by molar-refractivity contribution is 0.207. The lowest BCUT2D eigenvalue weighted by Crippen LogP contribution is -2.37. The molecule has 1 atom stereocenters. The molecular formula is C28H36ClNO2. The van der Waals surface area contributed by atoms with Crippen molar-refractivity contribution in [3.8, 4) is 11.5 Å². The molecule has 0 unspecified atom stereocenters. The van der Waals surface area contributed by atoms with E-state index in [0.717, 1.165) is 42.5 Å². The summed E-state index contributed by atoms with van der Waals surface area (Å²) in [6, 6.07) is 12.8. The zero-order valence-corrected chi connectivity index (χ0v) is 20.9. The topological polar surface area (TPSA) is 21.7 Å². The molecule has 2 aromatic carbocycles. The highest BCUT2D eigenvalue weighted by Crippen LogP contribution is 2.44. The molecule has 1 aliphatic carbocycles. The number of methoxy groups -OCH3 is 2. The van der Waals surface area contributed by atoms with Crippen LogP contribution in [-0.4, -0.2) is 32.2 Å². The van der Waals surface area contributed by atoms with E-state index in [0.29, 0.717) is 5.41 Å². The molecule has 0 saturated carbocycles. The van der Waals surface area contributed by atoms with Crippen LogP contribution in [0.3, 0.4) is 0 Å². The first-order chi connectivity index (χ1) is 15.3. The highest BCUT2D eigenvalue weighted by atomic mass is 35.5. The highest BCUT2D eigenvalue weighted by molar-refractivity contribution is 6.30. The number of nitrogens with zero attached hydrogens (tertiary/aromatic N) is 1. The van der Waals surface area contributed by atoms with Crippen molar-refractivity contribution in [3.63, 3.8) is 0 Å². The summed E-state index contributed by atoms with van der Waals surface area (Å²) in [6.45, 7) is 9.24. The van der Waals surface area contributed by atoms with Crippen LogP contribution < -0.4 is 9.47 Å². The Bertz CT molecular complexity index is 1010. The van der Waals surface area contributed by atoms with Crippen molar-refractivity contribution in [1.29, 1.82) is 0 Å². The third-order valence-electron chi connectivity index (χ3n) is 7.47. The molecule has 1 heterocycles. The minimum absolute atomic E-state index is 0.157. The molecule has 32 heavy (non-hydrogen) atoms. The van der Waals surface area contributed by atoms with Crippen molar-refractivity contribution in [2.45, 2.75) is 58.9 Å². The molecule has 0 aromatic heterocycles. The standard InChI is InChI=1S/C28H36ClNO2/c1-19-8-7-13-28(2,3)24(19)12-15-30-14-11-20-17-25(31-4)26(32-5)18-23(20)27(30)21-9-6-10-22(29)16-21/h6,9-10,16-18,27H,7-8,11-15H2,1-5H3/t27-/m1/s1. The summed E-state index contributed by atoms with van der Waals surface area (Å²) in [4.78, 5) is 2.63. The quantitative estimate of drug-likeness (QED) is 0.431. The Morgan fingerprint density at radius 3 is 2.50 bits per heavy atom. The fraction of sp³-hybridized carbons (Fsp3) is 0.500. The van der Waals surface area contributed by atoms with E-state index in [1.807, 2.05) is 6.07 Å². The van der Waals surface area contributed by atoms with E-state index in [-0.39, 0.29) is 6.04 Å². The summed E-state index contributed by atoms with van der Waals surface area (Å²) in [5.74, 6) is 1.58. The molecule has 4 rings (SSSR count). The summed E-state index contributed by atoms with van der Waals surface area (Å²) in [7, 11) is 3.41. The van der Waals surface area contributed by atoms with Gasteiger partial charge in [0.15, 0.2) is 11.5 Å². The Hall–Kier alpha value is -1.97. The van der Waals surface area contributed by atoms with Crippen LogP contribution in [0.5, 0.6) is 11.5 Å². The molecule has 4 heteroatoms. The number of fused-ring (bicyclic) bond motifs is 1. The Kier molecular flexibility index (Phi) is 6.88. The van der Waals surface area contributed by atoms with Gasteiger partial charge in [0, 0.05) is 18.1 Å². The number of hydrogen-bond acceptors (Lipinski definition) is 3. The summed E-state index contributed by atoms with van der Waals surface area (Å²) >= 11 is 6.43. The Balaban J connectivity index is 1.71. The second kappa shape index (κ2) is 9.49. The first-order valence-electron chi connectivity index (χ1n) is 11.8. The Morgan fingerprint density at radius 1 is 1.06 bits per heavy atom. The summed E-state index contributed by atoms with van der Waals surface area (Å²) in [6.07, 6.45) is 5.98. The number of rotatable bonds is 6. The maximum Gasteiger partial charge on any atom is 0.161 e. The van der Waals surface area contributed by atoms with Gasteiger partial charge in [-0.1, -0.05) is 48.7 Å². The van der Waals surface area contributed by atoms with E-state index in [1.54, 1.807) is 25.4 Å². The maximum absolute atomic E-state index is 6.43. The molecule has 0 radical (unpaired) electrons. The lowest BCUT2D eigenvalue weighted by Gasteiger charge is -2.40. The zero-order chi connectivity index (χ0) is 22.9. The second-order valence-electron chi connectivity index (χ2n) is 9.90. The largest absolute Gasteiger partial charge is 0.493 e. The van der Waals surface area contributed by atoms with Gasteiger partial charge in [-0.15, -0.1) is 0 Å². The number of halogens is 1. The summed E-state index contributed by atoms with van der Waals surface area (Å²) in [5, 5.41) is 0.780. The van der Waals surface area contributed by atoms with Gasteiger partial charge in [-0.05, 0) is 85.4 Å². The molecule has 0 amide bonds. The van der Waals surface area contributed by atoms with Crippen molar-refractivity contribution in [2.75, 3.05) is 27.3 Å². The Labute approximate surface area is 198 Å². The molecule has 0 fully saturated rings. The predicted molar refractivity (Wildman–Crippen MR) is 133 cm³/mol. The third-order valence-corrected chi connectivity index (χ3v) is 7.71. The van der Waals surface area contributed by atoms with Gasteiger partial charge in [0.05, 0.1) is 20.3 Å². The van der Waals surface area contributed by atoms with Crippen LogP contribution in [-0.2, 0) is 6.42 Å².